The Labute approximate surface area is 298 Å². The highest BCUT2D eigenvalue weighted by molar-refractivity contribution is 6.35. The van der Waals surface area contributed by atoms with Gasteiger partial charge in [0, 0.05) is 48.5 Å². The van der Waals surface area contributed by atoms with E-state index < -0.39 is 5.79 Å². The number of hydrogen-bond donors (Lipinski definition) is 0. The minimum Gasteiger partial charge on any atom is -0.491 e. The Morgan fingerprint density at radius 1 is 0.980 bits per heavy atom. The molecular formula is C35H37Cl2FN8O4. The number of hydrogen-bond acceptors (Lipinski definition) is 9. The van der Waals surface area contributed by atoms with Crippen molar-refractivity contribution in [1.82, 2.24) is 29.1 Å². The number of nitrogens with zero attached hydrogens (tertiary/aromatic N) is 8. The fourth-order valence-electron chi connectivity index (χ4n) is 6.30. The van der Waals surface area contributed by atoms with Crippen LogP contribution in [-0.2, 0) is 21.8 Å². The van der Waals surface area contributed by atoms with Crippen molar-refractivity contribution in [3.63, 3.8) is 0 Å². The van der Waals surface area contributed by atoms with Gasteiger partial charge in [-0.3, -0.25) is 0 Å². The Morgan fingerprint density at radius 3 is 2.44 bits per heavy atom. The molecule has 0 amide bonds. The zero-order valence-corrected chi connectivity index (χ0v) is 29.2. The van der Waals surface area contributed by atoms with Crippen molar-refractivity contribution in [1.29, 1.82) is 0 Å². The maximum atomic E-state index is 15.3. The zero-order chi connectivity index (χ0) is 34.8. The summed E-state index contributed by atoms with van der Waals surface area (Å²) in [4.78, 5) is 21.1. The van der Waals surface area contributed by atoms with Crippen LogP contribution in [0.3, 0.4) is 0 Å². The highest BCUT2D eigenvalue weighted by atomic mass is 35.5. The van der Waals surface area contributed by atoms with E-state index in [1.165, 1.54) is 28.0 Å². The third kappa shape index (κ3) is 6.95. The van der Waals surface area contributed by atoms with Crippen LogP contribution in [0, 0.1) is 5.82 Å². The second-order valence-corrected chi connectivity index (χ2v) is 13.3. The molecule has 4 heterocycles. The van der Waals surface area contributed by atoms with Gasteiger partial charge in [0.25, 0.3) is 0 Å². The highest BCUT2D eigenvalue weighted by Crippen LogP contribution is 2.40. The summed E-state index contributed by atoms with van der Waals surface area (Å²) in [5.74, 6) is -0.855. The second kappa shape index (κ2) is 14.4. The number of benzene rings is 3. The average molecular weight is 724 g/mol. The summed E-state index contributed by atoms with van der Waals surface area (Å²) in [6.07, 6.45) is 4.90. The maximum absolute atomic E-state index is 15.3. The molecule has 0 spiro atoms. The van der Waals surface area contributed by atoms with Crippen LogP contribution in [0.15, 0.2) is 84.4 Å². The number of halogens is 3. The van der Waals surface area contributed by atoms with Crippen molar-refractivity contribution < 1.29 is 18.6 Å². The minimum atomic E-state index is -1.18. The first-order chi connectivity index (χ1) is 24.2. The van der Waals surface area contributed by atoms with Gasteiger partial charge in [-0.2, -0.15) is 10.2 Å². The molecule has 7 rings (SSSR count). The molecule has 2 aromatic heterocycles. The zero-order valence-electron chi connectivity index (χ0n) is 27.7. The first kappa shape index (κ1) is 34.0. The lowest BCUT2D eigenvalue weighted by Crippen LogP contribution is -2.46. The Balaban J connectivity index is 0.939. The van der Waals surface area contributed by atoms with E-state index >= 15 is 4.39 Å². The van der Waals surface area contributed by atoms with E-state index in [-0.39, 0.29) is 36.8 Å². The number of anilines is 2. The van der Waals surface area contributed by atoms with Crippen LogP contribution in [0.25, 0.3) is 5.69 Å². The summed E-state index contributed by atoms with van der Waals surface area (Å²) in [7, 11) is 0. The predicted octanol–water partition coefficient (Wildman–Crippen LogP) is 5.72. The Morgan fingerprint density at radius 2 is 1.74 bits per heavy atom. The monoisotopic (exact) mass is 722 g/mol. The molecule has 15 heteroatoms. The van der Waals surface area contributed by atoms with Crippen LogP contribution in [0.4, 0.5) is 15.8 Å². The minimum absolute atomic E-state index is 0.0329. The van der Waals surface area contributed by atoms with Gasteiger partial charge in [0.05, 0.1) is 29.0 Å². The molecule has 0 bridgehead atoms. The Bertz CT molecular complexity index is 1980. The summed E-state index contributed by atoms with van der Waals surface area (Å²) >= 11 is 12.7. The Kier molecular flexibility index (Phi) is 9.82. The molecule has 12 nitrogen and oxygen atoms in total. The van der Waals surface area contributed by atoms with Crippen LogP contribution in [0.5, 0.6) is 5.75 Å². The van der Waals surface area contributed by atoms with Crippen molar-refractivity contribution in [3.8, 4) is 11.4 Å². The van der Waals surface area contributed by atoms with Gasteiger partial charge in [-0.25, -0.2) is 28.1 Å². The first-order valence-corrected chi connectivity index (χ1v) is 17.3. The predicted molar refractivity (Wildman–Crippen MR) is 188 cm³/mol. The van der Waals surface area contributed by atoms with E-state index in [0.29, 0.717) is 52.4 Å². The molecule has 262 valence electrons. The summed E-state index contributed by atoms with van der Waals surface area (Å²) in [5.41, 5.74) is 2.39. The van der Waals surface area contributed by atoms with Gasteiger partial charge >= 0.3 is 5.69 Å². The maximum Gasteiger partial charge on any atom is 0.350 e. The van der Waals surface area contributed by atoms with Gasteiger partial charge in [-0.05, 0) is 61.9 Å². The average Bonchev–Trinajstić information content (AvgIpc) is 3.88. The normalized spacial score (nSPS) is 20.0. The summed E-state index contributed by atoms with van der Waals surface area (Å²) in [6.45, 7) is 7.46. The molecule has 0 saturated carbocycles. The SMILES string of the molecule is CC[C@H](C)n1ncn(-c2ccc(N3CCN(c4ccc(OC[C@@H]5CO[C@@](Cn6cncn6)(c6ccc(Cl)cc6Cl)O5)cc4)CC3)c(F)c2)c1=O. The van der Waals surface area contributed by atoms with E-state index in [9.17, 15) is 4.79 Å². The lowest BCUT2D eigenvalue weighted by molar-refractivity contribution is -0.190. The molecule has 3 atom stereocenters. The molecule has 0 unspecified atom stereocenters. The summed E-state index contributed by atoms with van der Waals surface area (Å²) < 4.78 is 38.6. The second-order valence-electron chi connectivity index (χ2n) is 12.4. The topological polar surface area (TPSA) is 105 Å². The van der Waals surface area contributed by atoms with Crippen molar-refractivity contribution in [2.75, 3.05) is 49.2 Å². The van der Waals surface area contributed by atoms with Crippen molar-refractivity contribution in [2.45, 2.75) is 44.7 Å². The van der Waals surface area contributed by atoms with Crippen LogP contribution < -0.4 is 20.2 Å². The number of ether oxygens (including phenoxy) is 3. The fourth-order valence-corrected chi connectivity index (χ4v) is 6.85. The molecule has 0 N–H and O–H groups in total. The molecule has 50 heavy (non-hydrogen) atoms. The third-order valence-electron chi connectivity index (χ3n) is 9.21. The number of aromatic nitrogens is 6. The van der Waals surface area contributed by atoms with Gasteiger partial charge in [0.2, 0.25) is 5.79 Å². The summed E-state index contributed by atoms with van der Waals surface area (Å²) in [5, 5.41) is 9.37. The van der Waals surface area contributed by atoms with Crippen LogP contribution in [0.1, 0.15) is 31.9 Å². The van der Waals surface area contributed by atoms with E-state index in [2.05, 4.69) is 20.1 Å². The van der Waals surface area contributed by atoms with Crippen LogP contribution >= 0.6 is 23.2 Å². The molecule has 2 aliphatic heterocycles. The molecule has 0 aliphatic carbocycles. The number of piperazine rings is 1. The molecule has 2 saturated heterocycles. The van der Waals surface area contributed by atoms with Crippen molar-refractivity contribution in [2.24, 2.45) is 0 Å². The fraction of sp³-hybridized carbons (Fsp3) is 0.371. The lowest BCUT2D eigenvalue weighted by atomic mass is 10.1. The largest absolute Gasteiger partial charge is 0.491 e. The first-order valence-electron chi connectivity index (χ1n) is 16.5. The van der Waals surface area contributed by atoms with Crippen LogP contribution in [0.2, 0.25) is 10.0 Å². The van der Waals surface area contributed by atoms with E-state index in [0.717, 1.165) is 25.2 Å². The third-order valence-corrected chi connectivity index (χ3v) is 9.75. The molecular weight excluding hydrogens is 686 g/mol. The van der Waals surface area contributed by atoms with Crippen LogP contribution in [-0.4, -0.2) is 74.6 Å². The molecule has 0 radical (unpaired) electrons. The van der Waals surface area contributed by atoms with Gasteiger partial charge in [-0.15, -0.1) is 0 Å². The molecule has 5 aromatic rings. The van der Waals surface area contributed by atoms with Gasteiger partial charge in [-0.1, -0.05) is 36.2 Å². The van der Waals surface area contributed by atoms with E-state index in [4.69, 9.17) is 37.4 Å². The van der Waals surface area contributed by atoms with Gasteiger partial charge < -0.3 is 24.0 Å². The molecule has 3 aromatic carbocycles. The van der Waals surface area contributed by atoms with E-state index in [1.807, 2.05) is 43.0 Å². The molecule has 2 fully saturated rings. The van der Waals surface area contributed by atoms with Crippen molar-refractivity contribution >= 4 is 34.6 Å². The molecule has 2 aliphatic rings. The smallest absolute Gasteiger partial charge is 0.350 e. The quantitative estimate of drug-likeness (QED) is 0.169. The number of rotatable bonds is 11. The highest BCUT2D eigenvalue weighted by Gasteiger charge is 2.45. The van der Waals surface area contributed by atoms with Gasteiger partial charge in [0.15, 0.2) is 0 Å². The Hall–Kier alpha value is -4.43. The van der Waals surface area contributed by atoms with Gasteiger partial charge in [0.1, 0.15) is 49.8 Å². The summed E-state index contributed by atoms with van der Waals surface area (Å²) in [6, 6.07) is 18.0. The van der Waals surface area contributed by atoms with E-state index in [1.54, 1.807) is 41.3 Å². The van der Waals surface area contributed by atoms with Crippen molar-refractivity contribution in [3.05, 3.63) is 112 Å². The standard InChI is InChI=1S/C35H37Cl2FN8O4/c1-3-24(2)46-34(47)45(23-41-46)27-7-11-33(32(38)17-27)43-14-12-42(13-15-43)26-5-8-28(9-6-26)48-18-29-19-49-35(50-29,20-44-22-39-21-40-44)30-10-4-25(36)16-31(30)37/h4-11,16-17,21-24,29H,3,12-15,18-20H2,1-2H3/t24-,29+,35+/m0/s1. The lowest BCUT2D eigenvalue weighted by Gasteiger charge is -2.37.